The van der Waals surface area contributed by atoms with Gasteiger partial charge in [-0.25, -0.2) is 0 Å². The lowest BCUT2D eigenvalue weighted by molar-refractivity contribution is -0.0768. The molecule has 4 nitrogen and oxygen atoms in total. The molecule has 0 amide bonds. The van der Waals surface area contributed by atoms with Gasteiger partial charge in [-0.3, -0.25) is 5.41 Å². The van der Waals surface area contributed by atoms with Crippen molar-refractivity contribution in [3.05, 3.63) is 29.3 Å². The second kappa shape index (κ2) is 6.51. The van der Waals surface area contributed by atoms with Gasteiger partial charge < -0.3 is 15.4 Å². The molecular weight excluding hydrogens is 334 g/mol. The van der Waals surface area contributed by atoms with Crippen LogP contribution in [0.25, 0.3) is 0 Å². The zero-order valence-electron chi connectivity index (χ0n) is 16.5. The van der Waals surface area contributed by atoms with Crippen molar-refractivity contribution in [2.45, 2.75) is 57.9 Å². The zero-order chi connectivity index (χ0) is 18.6. The Morgan fingerprint density at radius 3 is 2.41 bits per heavy atom. The summed E-state index contributed by atoms with van der Waals surface area (Å²) >= 11 is 0. The van der Waals surface area contributed by atoms with Crippen molar-refractivity contribution in [2.75, 3.05) is 24.6 Å². The van der Waals surface area contributed by atoms with Gasteiger partial charge in [0.1, 0.15) is 0 Å². The Labute approximate surface area is 163 Å². The number of benzene rings is 1. The van der Waals surface area contributed by atoms with Gasteiger partial charge in [0, 0.05) is 35.8 Å². The highest BCUT2D eigenvalue weighted by atomic mass is 16.5. The number of ether oxygens (including phenoxy) is 1. The zero-order valence-corrected chi connectivity index (χ0v) is 16.5. The summed E-state index contributed by atoms with van der Waals surface area (Å²) < 4.78 is 6.13. The van der Waals surface area contributed by atoms with Gasteiger partial charge in [-0.15, -0.1) is 0 Å². The van der Waals surface area contributed by atoms with Crippen LogP contribution in [0.4, 0.5) is 5.69 Å². The SMILES string of the molecule is Cc1cc(N2CCC(N)C2)ccc1C(=N)OCC12CC3CC(CC(C3)C1)C2. The molecule has 27 heavy (non-hydrogen) atoms. The van der Waals surface area contributed by atoms with Crippen molar-refractivity contribution in [1.29, 1.82) is 5.41 Å². The summed E-state index contributed by atoms with van der Waals surface area (Å²) in [6.07, 6.45) is 9.43. The van der Waals surface area contributed by atoms with E-state index in [-0.39, 0.29) is 6.04 Å². The van der Waals surface area contributed by atoms with Crippen molar-refractivity contribution >= 4 is 11.6 Å². The van der Waals surface area contributed by atoms with Crippen LogP contribution in [0.1, 0.15) is 56.1 Å². The van der Waals surface area contributed by atoms with Gasteiger partial charge >= 0.3 is 0 Å². The van der Waals surface area contributed by atoms with E-state index >= 15 is 0 Å². The minimum Gasteiger partial charge on any atom is -0.477 e. The maximum atomic E-state index is 8.54. The number of nitrogens with zero attached hydrogens (tertiary/aromatic N) is 1. The first kappa shape index (κ1) is 17.5. The molecule has 0 spiro atoms. The topological polar surface area (TPSA) is 62.3 Å². The summed E-state index contributed by atoms with van der Waals surface area (Å²) in [4.78, 5) is 2.35. The van der Waals surface area contributed by atoms with Crippen LogP contribution < -0.4 is 10.6 Å². The molecular formula is C23H33N3O. The Bertz CT molecular complexity index is 708. The third-order valence-electron chi connectivity index (χ3n) is 7.73. The molecule has 146 valence electrons. The number of hydrogen-bond donors (Lipinski definition) is 2. The number of rotatable bonds is 4. The van der Waals surface area contributed by atoms with Crippen LogP contribution in [0, 0.1) is 35.5 Å². The van der Waals surface area contributed by atoms with E-state index in [1.807, 2.05) is 0 Å². The van der Waals surface area contributed by atoms with Gasteiger partial charge in [-0.05, 0) is 93.4 Å². The van der Waals surface area contributed by atoms with Crippen LogP contribution in [0.2, 0.25) is 0 Å². The number of anilines is 1. The predicted molar refractivity (Wildman–Crippen MR) is 109 cm³/mol. The standard InChI is InChI=1S/C23H33N3O/c1-15-6-20(26-5-4-19(24)13-26)2-3-21(15)22(25)27-14-23-10-16-7-17(11-23)9-18(8-16)12-23/h2-3,6,16-19,25H,4-5,7-14,24H2,1H3. The van der Waals surface area contributed by atoms with E-state index in [1.165, 1.54) is 44.2 Å². The molecule has 1 aromatic carbocycles. The third kappa shape index (κ3) is 3.26. The molecule has 4 heteroatoms. The summed E-state index contributed by atoms with van der Waals surface area (Å²) in [5.41, 5.74) is 9.69. The van der Waals surface area contributed by atoms with Crippen LogP contribution >= 0.6 is 0 Å². The van der Waals surface area contributed by atoms with E-state index in [4.69, 9.17) is 15.9 Å². The van der Waals surface area contributed by atoms with Gasteiger partial charge in [0.05, 0.1) is 6.61 Å². The van der Waals surface area contributed by atoms with Crippen LogP contribution in [0.5, 0.6) is 0 Å². The molecule has 1 atom stereocenters. The lowest BCUT2D eigenvalue weighted by atomic mass is 9.50. The fourth-order valence-corrected chi connectivity index (χ4v) is 6.89. The molecule has 5 aliphatic rings. The Morgan fingerprint density at radius 1 is 1.19 bits per heavy atom. The van der Waals surface area contributed by atoms with Crippen LogP contribution in [0.3, 0.4) is 0 Å². The first-order valence-corrected chi connectivity index (χ1v) is 10.8. The molecule has 0 aromatic heterocycles. The smallest absolute Gasteiger partial charge is 0.213 e. The molecule has 1 unspecified atom stereocenters. The van der Waals surface area contributed by atoms with Crippen LogP contribution in [-0.4, -0.2) is 31.6 Å². The predicted octanol–water partition coefficient (Wildman–Crippen LogP) is 4.09. The average Bonchev–Trinajstić information content (AvgIpc) is 3.05. The summed E-state index contributed by atoms with van der Waals surface area (Å²) in [6.45, 7) is 4.80. The largest absolute Gasteiger partial charge is 0.477 e. The molecule has 6 rings (SSSR count). The van der Waals surface area contributed by atoms with Gasteiger partial charge in [-0.2, -0.15) is 0 Å². The van der Waals surface area contributed by atoms with E-state index in [0.717, 1.165) is 55.0 Å². The number of nitrogens with two attached hydrogens (primary N) is 1. The van der Waals surface area contributed by atoms with Crippen LogP contribution in [0.15, 0.2) is 18.2 Å². The molecule has 5 fully saturated rings. The van der Waals surface area contributed by atoms with Gasteiger partial charge in [0.2, 0.25) is 5.90 Å². The van der Waals surface area contributed by atoms with E-state index < -0.39 is 0 Å². The van der Waals surface area contributed by atoms with Crippen LogP contribution in [-0.2, 0) is 4.74 Å². The highest BCUT2D eigenvalue weighted by Gasteiger charge is 2.51. The van der Waals surface area contributed by atoms with E-state index in [9.17, 15) is 0 Å². The molecule has 4 saturated carbocycles. The Hall–Kier alpha value is -1.55. The molecule has 3 N–H and O–H groups in total. The summed E-state index contributed by atoms with van der Waals surface area (Å²) in [5.74, 6) is 3.15. The van der Waals surface area contributed by atoms with Gasteiger partial charge in [0.25, 0.3) is 0 Å². The Morgan fingerprint density at radius 2 is 1.85 bits per heavy atom. The number of hydrogen-bond acceptors (Lipinski definition) is 4. The van der Waals surface area contributed by atoms with E-state index in [0.29, 0.717) is 11.3 Å². The third-order valence-corrected chi connectivity index (χ3v) is 7.73. The summed E-state index contributed by atoms with van der Waals surface area (Å²) in [7, 11) is 0. The molecule has 4 bridgehead atoms. The molecule has 1 heterocycles. The minimum absolute atomic E-state index is 0.284. The van der Waals surface area contributed by atoms with Crippen molar-refractivity contribution in [3.63, 3.8) is 0 Å². The normalized spacial score (nSPS) is 37.0. The quantitative estimate of drug-likeness (QED) is 0.622. The number of aryl methyl sites for hydroxylation is 1. The molecule has 1 aromatic rings. The highest BCUT2D eigenvalue weighted by Crippen LogP contribution is 2.60. The average molecular weight is 368 g/mol. The summed E-state index contributed by atoms with van der Waals surface area (Å²) in [5, 5.41) is 8.54. The molecule has 0 radical (unpaired) electrons. The Balaban J connectivity index is 1.25. The Kier molecular flexibility index (Phi) is 4.23. The van der Waals surface area contributed by atoms with Gasteiger partial charge in [-0.1, -0.05) is 0 Å². The van der Waals surface area contributed by atoms with Crippen molar-refractivity contribution in [3.8, 4) is 0 Å². The lowest BCUT2D eigenvalue weighted by Gasteiger charge is -2.56. The number of nitrogens with one attached hydrogen (secondary N) is 1. The maximum Gasteiger partial charge on any atom is 0.213 e. The monoisotopic (exact) mass is 367 g/mol. The lowest BCUT2D eigenvalue weighted by Crippen LogP contribution is -2.48. The molecule has 4 aliphatic carbocycles. The first-order chi connectivity index (χ1) is 13.0. The minimum atomic E-state index is 0.284. The van der Waals surface area contributed by atoms with Crippen molar-refractivity contribution in [1.82, 2.24) is 0 Å². The second-order valence-electron chi connectivity index (χ2n) is 10.0. The van der Waals surface area contributed by atoms with Crippen molar-refractivity contribution in [2.24, 2.45) is 28.9 Å². The van der Waals surface area contributed by atoms with Gasteiger partial charge in [0.15, 0.2) is 0 Å². The highest BCUT2D eigenvalue weighted by molar-refractivity contribution is 5.93. The second-order valence-corrected chi connectivity index (χ2v) is 10.0. The van der Waals surface area contributed by atoms with E-state index in [2.05, 4.69) is 30.0 Å². The van der Waals surface area contributed by atoms with E-state index in [1.54, 1.807) is 0 Å². The van der Waals surface area contributed by atoms with Crippen molar-refractivity contribution < 1.29 is 4.74 Å². The maximum absolute atomic E-state index is 8.54. The summed E-state index contributed by atoms with van der Waals surface area (Å²) in [6, 6.07) is 6.67. The fourth-order valence-electron chi connectivity index (χ4n) is 6.89. The fraction of sp³-hybridized carbons (Fsp3) is 0.696. The molecule has 1 saturated heterocycles. The molecule has 1 aliphatic heterocycles. The first-order valence-electron chi connectivity index (χ1n) is 10.8.